The van der Waals surface area contributed by atoms with Crippen LogP contribution < -0.4 is 5.32 Å². The average Bonchev–Trinajstić information content (AvgIpc) is 1.56. The average molecular weight is 223 g/mol. The van der Waals surface area contributed by atoms with Crippen LogP contribution in [0.25, 0.3) is 0 Å². The van der Waals surface area contributed by atoms with Crippen LogP contribution >= 0.6 is 0 Å². The Balaban J connectivity index is -0.0000000189. The normalized spacial score (nSPS) is 7.60. The third-order valence-electron chi connectivity index (χ3n) is 0. The van der Waals surface area contributed by atoms with Gasteiger partial charge >= 0.3 is 0 Å². The predicted octanol–water partition coefficient (Wildman–Crippen LogP) is 5.46. The molecule has 0 spiro atoms. The summed E-state index contributed by atoms with van der Waals surface area (Å²) in [7, 11) is 3.75. The minimum absolute atomic E-state index is 0. The molecule has 0 atom stereocenters. The molecule has 0 aromatic heterocycles. The zero-order valence-electron chi connectivity index (χ0n) is 10.6. The second kappa shape index (κ2) is 23.6. The summed E-state index contributed by atoms with van der Waals surface area (Å²) in [5, 5.41) is 2.75. The third kappa shape index (κ3) is 1250000. The van der Waals surface area contributed by atoms with E-state index in [2.05, 4.69) is 53.8 Å². The lowest BCUT2D eigenvalue weighted by Crippen LogP contribution is -1.93. The molecule has 1 N–H and O–H groups in total. The molecule has 0 radical (unpaired) electrons. The molecule has 0 amide bonds. The Morgan fingerprint density at radius 2 is 0.733 bits per heavy atom. The monoisotopic (exact) mass is 223 g/mol. The first-order valence-electron chi connectivity index (χ1n) is 4.73. The maximum absolute atomic E-state index is 2.75. The van der Waals surface area contributed by atoms with Crippen molar-refractivity contribution in [3.05, 3.63) is 0 Å². The lowest BCUT2D eigenvalue weighted by molar-refractivity contribution is 0.469. The van der Waals surface area contributed by atoms with Crippen LogP contribution in [0.5, 0.6) is 0 Å². The van der Waals surface area contributed by atoms with E-state index in [-0.39, 0.29) is 22.3 Å². The van der Waals surface area contributed by atoms with E-state index in [1.807, 2.05) is 14.1 Å². The molecule has 1 nitrogen and oxygen atoms in total. The number of hydrogen-bond donors (Lipinski definition) is 1. The van der Waals surface area contributed by atoms with Crippen molar-refractivity contribution in [2.24, 2.45) is 11.3 Å². The second-order valence-corrected chi connectivity index (χ2v) is 5.23. The quantitative estimate of drug-likeness (QED) is 0.575. The van der Waals surface area contributed by atoms with Gasteiger partial charge in [0.05, 0.1) is 0 Å². The van der Waals surface area contributed by atoms with Crippen LogP contribution in [0.2, 0.25) is 0 Å². The van der Waals surface area contributed by atoms with Gasteiger partial charge < -0.3 is 5.32 Å². The van der Waals surface area contributed by atoms with Gasteiger partial charge in [-0.05, 0) is 25.4 Å². The van der Waals surface area contributed by atoms with Gasteiger partial charge in [0, 0.05) is 0 Å². The molecule has 0 aliphatic carbocycles. The van der Waals surface area contributed by atoms with Crippen LogP contribution in [0.3, 0.4) is 0 Å². The van der Waals surface area contributed by atoms with Crippen molar-refractivity contribution >= 4 is 0 Å². The van der Waals surface area contributed by atoms with E-state index < -0.39 is 0 Å². The molecule has 0 unspecified atom stereocenters. The van der Waals surface area contributed by atoms with Gasteiger partial charge in [-0.3, -0.25) is 0 Å². The summed E-state index contributed by atoms with van der Waals surface area (Å²) in [6, 6.07) is 0. The van der Waals surface area contributed by atoms with Gasteiger partial charge in [-0.1, -0.05) is 70.7 Å². The fourth-order valence-corrected chi connectivity index (χ4v) is 0. The molecule has 1 heteroatoms. The number of nitrogens with one attached hydrogen (secondary N) is 1. The Morgan fingerprint density at radius 1 is 0.733 bits per heavy atom. The largest absolute Gasteiger partial charge is 0.323 e. The molecule has 0 rings (SSSR count). The maximum atomic E-state index is 2.75. The molecular formula is C14H41N. The maximum Gasteiger partial charge on any atom is -0.0167 e. The van der Waals surface area contributed by atoms with Gasteiger partial charge in [0.1, 0.15) is 0 Å². The third-order valence-corrected chi connectivity index (χ3v) is 0. The Kier molecular flexibility index (Phi) is 57.2. The highest BCUT2D eigenvalue weighted by molar-refractivity contribution is 4.47. The molecule has 0 aromatic rings. The van der Waals surface area contributed by atoms with Gasteiger partial charge in [0.15, 0.2) is 0 Å². The molecule has 0 heterocycles. The van der Waals surface area contributed by atoms with Crippen molar-refractivity contribution < 1.29 is 0 Å². The van der Waals surface area contributed by atoms with Crippen LogP contribution in [0.15, 0.2) is 0 Å². The first-order chi connectivity index (χ1) is 5.15. The highest BCUT2D eigenvalue weighted by Gasteiger charge is 1.95. The molecule has 0 saturated heterocycles. The molecule has 15 heavy (non-hydrogen) atoms. The second-order valence-electron chi connectivity index (χ2n) is 5.23. The summed E-state index contributed by atoms with van der Waals surface area (Å²) in [5.74, 6) is 0.833. The molecule has 0 aliphatic heterocycles. The Labute approximate surface area is 102 Å². The molecule has 0 bridgehead atoms. The van der Waals surface area contributed by atoms with Crippen LogP contribution in [0.1, 0.15) is 70.7 Å². The van der Waals surface area contributed by atoms with E-state index in [9.17, 15) is 0 Å². The molecule has 102 valence electrons. The van der Waals surface area contributed by atoms with Crippen LogP contribution in [0, 0.1) is 11.3 Å². The van der Waals surface area contributed by atoms with Crippen LogP contribution in [0.4, 0.5) is 0 Å². The van der Waals surface area contributed by atoms with Gasteiger partial charge in [-0.15, -0.1) is 0 Å². The summed E-state index contributed by atoms with van der Waals surface area (Å²) >= 11 is 0. The Bertz CT molecular complexity index is 51.5. The van der Waals surface area contributed by atoms with Gasteiger partial charge in [0.2, 0.25) is 0 Å². The van der Waals surface area contributed by atoms with Crippen molar-refractivity contribution in [1.82, 2.24) is 5.32 Å². The topological polar surface area (TPSA) is 12.0 Å². The smallest absolute Gasteiger partial charge is 0.0167 e. The van der Waals surface area contributed by atoms with Gasteiger partial charge in [-0.25, -0.2) is 0 Å². The highest BCUT2D eigenvalue weighted by atomic mass is 14.7. The minimum atomic E-state index is 0. The standard InChI is InChI=1S/C5H12.C4H10.C2H7N.3CH4/c1-5(2,3)4;1-4(2)3;1-3-2;;;/h1-4H3;4H,1-3H3;3H,1-2H3;3*1H4. The zero-order chi connectivity index (χ0) is 10.8. The summed E-state index contributed by atoms with van der Waals surface area (Å²) in [6.07, 6.45) is 0. The van der Waals surface area contributed by atoms with Crippen LogP contribution in [-0.4, -0.2) is 14.1 Å². The van der Waals surface area contributed by atoms with E-state index in [0.29, 0.717) is 5.41 Å². The van der Waals surface area contributed by atoms with Gasteiger partial charge in [-0.2, -0.15) is 0 Å². The number of rotatable bonds is 0. The van der Waals surface area contributed by atoms with E-state index >= 15 is 0 Å². The SMILES string of the molecule is C.C.C.CC(C)(C)C.CC(C)C.CNC. The minimum Gasteiger partial charge on any atom is -0.323 e. The van der Waals surface area contributed by atoms with Crippen molar-refractivity contribution in [3.63, 3.8) is 0 Å². The molecule has 0 fully saturated rings. The molecule has 0 aromatic carbocycles. The van der Waals surface area contributed by atoms with E-state index in [4.69, 9.17) is 0 Å². The lowest BCUT2D eigenvalue weighted by Gasteiger charge is -2.05. The molecule has 0 aliphatic rings. The van der Waals surface area contributed by atoms with Crippen molar-refractivity contribution in [3.8, 4) is 0 Å². The van der Waals surface area contributed by atoms with E-state index in [1.54, 1.807) is 0 Å². The zero-order valence-corrected chi connectivity index (χ0v) is 10.6. The Morgan fingerprint density at radius 3 is 0.733 bits per heavy atom. The van der Waals surface area contributed by atoms with Crippen molar-refractivity contribution in [2.45, 2.75) is 70.7 Å². The van der Waals surface area contributed by atoms with E-state index in [0.717, 1.165) is 5.92 Å². The summed E-state index contributed by atoms with van der Waals surface area (Å²) in [6.45, 7) is 15.2. The summed E-state index contributed by atoms with van der Waals surface area (Å²) < 4.78 is 0. The van der Waals surface area contributed by atoms with Crippen LogP contribution in [-0.2, 0) is 0 Å². The first kappa shape index (κ1) is 36.3. The van der Waals surface area contributed by atoms with Gasteiger partial charge in [0.25, 0.3) is 0 Å². The van der Waals surface area contributed by atoms with Crippen molar-refractivity contribution in [1.29, 1.82) is 0 Å². The van der Waals surface area contributed by atoms with E-state index in [1.165, 1.54) is 0 Å². The van der Waals surface area contributed by atoms with Crippen molar-refractivity contribution in [2.75, 3.05) is 14.1 Å². The molecular weight excluding hydrogens is 182 g/mol. The molecule has 0 saturated carbocycles. The Hall–Kier alpha value is -0.0400. The predicted molar refractivity (Wildman–Crippen MR) is 80.8 cm³/mol. The lowest BCUT2D eigenvalue weighted by atomic mass is 10.0. The fraction of sp³-hybridized carbons (Fsp3) is 1.00. The highest BCUT2D eigenvalue weighted by Crippen LogP contribution is 2.07. The first-order valence-corrected chi connectivity index (χ1v) is 4.73. The summed E-state index contributed by atoms with van der Waals surface area (Å²) in [4.78, 5) is 0. The fourth-order valence-electron chi connectivity index (χ4n) is 0. The number of hydrogen-bond acceptors (Lipinski definition) is 1. The summed E-state index contributed by atoms with van der Waals surface area (Å²) in [5.41, 5.74) is 0.500.